The normalized spacial score (nSPS) is 19.0. The highest BCUT2D eigenvalue weighted by molar-refractivity contribution is 5.78. The number of rotatable bonds is 5. The smallest absolute Gasteiger partial charge is 0.0836 e. The third kappa shape index (κ3) is 2.94. The molecule has 1 aromatic carbocycles. The molecule has 1 fully saturated rings. The van der Waals surface area contributed by atoms with Gasteiger partial charge >= 0.3 is 0 Å². The van der Waals surface area contributed by atoms with E-state index in [0.717, 1.165) is 37.1 Å². The summed E-state index contributed by atoms with van der Waals surface area (Å²) in [6.45, 7) is 2.79. The fourth-order valence-corrected chi connectivity index (χ4v) is 3.52. The molecule has 0 spiro atoms. The van der Waals surface area contributed by atoms with Crippen molar-refractivity contribution in [2.24, 2.45) is 5.73 Å². The number of ether oxygens (including phenoxy) is 1. The van der Waals surface area contributed by atoms with Gasteiger partial charge in [-0.25, -0.2) is 0 Å². The summed E-state index contributed by atoms with van der Waals surface area (Å²) in [6.07, 6.45) is 5.38. The van der Waals surface area contributed by atoms with Crippen molar-refractivity contribution < 1.29 is 4.74 Å². The quantitative estimate of drug-likeness (QED) is 0.914. The van der Waals surface area contributed by atoms with E-state index in [0.29, 0.717) is 0 Å². The zero-order chi connectivity index (χ0) is 14.7. The van der Waals surface area contributed by atoms with Gasteiger partial charge in [0.2, 0.25) is 0 Å². The molecule has 1 heterocycles. The van der Waals surface area contributed by atoms with Gasteiger partial charge in [-0.2, -0.15) is 0 Å². The Morgan fingerprint density at radius 3 is 2.71 bits per heavy atom. The van der Waals surface area contributed by atoms with Crippen molar-refractivity contribution in [3.63, 3.8) is 0 Å². The van der Waals surface area contributed by atoms with E-state index in [4.69, 9.17) is 15.5 Å². The van der Waals surface area contributed by atoms with Crippen molar-refractivity contribution in [3.05, 3.63) is 42.1 Å². The molecule has 1 atom stereocenters. The van der Waals surface area contributed by atoms with Crippen molar-refractivity contribution >= 4 is 10.9 Å². The van der Waals surface area contributed by atoms with Crippen molar-refractivity contribution in [1.82, 2.24) is 4.98 Å². The number of pyridine rings is 1. The lowest BCUT2D eigenvalue weighted by Crippen LogP contribution is -2.49. The second-order valence-corrected chi connectivity index (χ2v) is 6.01. The van der Waals surface area contributed by atoms with Gasteiger partial charge in [0.15, 0.2) is 0 Å². The summed E-state index contributed by atoms with van der Waals surface area (Å²) >= 11 is 0. The molecule has 3 rings (SSSR count). The minimum absolute atomic E-state index is 0.0219. The molecule has 0 aliphatic heterocycles. The lowest BCUT2D eigenvalue weighted by atomic mass is 9.89. The maximum Gasteiger partial charge on any atom is 0.0836 e. The van der Waals surface area contributed by atoms with Crippen LogP contribution in [-0.4, -0.2) is 23.2 Å². The average molecular weight is 284 g/mol. The Morgan fingerprint density at radius 2 is 1.95 bits per heavy atom. The van der Waals surface area contributed by atoms with Gasteiger partial charge in [-0.3, -0.25) is 4.98 Å². The largest absolute Gasteiger partial charge is 0.374 e. The molecule has 112 valence electrons. The Labute approximate surface area is 126 Å². The first-order chi connectivity index (χ1) is 10.2. The second-order valence-electron chi connectivity index (χ2n) is 6.01. The molecule has 1 unspecified atom stereocenters. The molecule has 0 bridgehead atoms. The number of para-hydroxylation sites is 1. The van der Waals surface area contributed by atoms with Gasteiger partial charge in [-0.05, 0) is 31.9 Å². The van der Waals surface area contributed by atoms with Crippen LogP contribution in [0.25, 0.3) is 10.9 Å². The van der Waals surface area contributed by atoms with E-state index in [2.05, 4.69) is 31.2 Å². The number of benzene rings is 1. The number of hydrogen-bond acceptors (Lipinski definition) is 3. The minimum Gasteiger partial charge on any atom is -0.374 e. The van der Waals surface area contributed by atoms with Crippen molar-refractivity contribution in [1.29, 1.82) is 0 Å². The van der Waals surface area contributed by atoms with Crippen LogP contribution >= 0.6 is 0 Å². The third-order valence-electron chi connectivity index (χ3n) is 4.64. The zero-order valence-electron chi connectivity index (χ0n) is 12.7. The zero-order valence-corrected chi connectivity index (χ0v) is 12.7. The Hall–Kier alpha value is -1.45. The van der Waals surface area contributed by atoms with Crippen LogP contribution in [0.1, 0.15) is 38.3 Å². The number of fused-ring (bicyclic) bond motifs is 1. The molecule has 3 nitrogen and oxygen atoms in total. The standard InChI is InChI=1S/C18H24N2O/c1-2-21-18(11-5-6-12-18)17(19)13-15-10-9-14-7-3-4-8-16(14)20-15/h3-4,7-10,17H,2,5-6,11-13,19H2,1H3. The number of nitrogens with two attached hydrogens (primary N) is 1. The summed E-state index contributed by atoms with van der Waals surface area (Å²) in [6, 6.07) is 12.5. The predicted octanol–water partition coefficient (Wildman–Crippen LogP) is 3.45. The molecule has 1 aromatic heterocycles. The molecule has 0 saturated heterocycles. The van der Waals surface area contributed by atoms with Crippen LogP contribution in [0.3, 0.4) is 0 Å². The summed E-state index contributed by atoms with van der Waals surface area (Å²) in [5.41, 5.74) is 8.48. The molecule has 3 heteroatoms. The van der Waals surface area contributed by atoms with Gasteiger partial charge in [-0.15, -0.1) is 0 Å². The monoisotopic (exact) mass is 284 g/mol. The molecular formula is C18H24N2O. The van der Waals surface area contributed by atoms with Crippen molar-refractivity contribution in [2.45, 2.75) is 50.7 Å². The molecule has 0 amide bonds. The van der Waals surface area contributed by atoms with Gasteiger partial charge in [0.05, 0.1) is 11.1 Å². The van der Waals surface area contributed by atoms with Crippen molar-refractivity contribution in [2.75, 3.05) is 6.61 Å². The molecule has 1 saturated carbocycles. The fourth-order valence-electron chi connectivity index (χ4n) is 3.52. The Bertz CT molecular complexity index is 605. The van der Waals surface area contributed by atoms with Gasteiger partial charge in [0.1, 0.15) is 0 Å². The highest BCUT2D eigenvalue weighted by Crippen LogP contribution is 2.36. The van der Waals surface area contributed by atoms with Crippen molar-refractivity contribution in [3.8, 4) is 0 Å². The topological polar surface area (TPSA) is 48.1 Å². The van der Waals surface area contributed by atoms with Crippen LogP contribution < -0.4 is 5.73 Å². The Kier molecular flexibility index (Phi) is 4.22. The molecule has 2 N–H and O–H groups in total. The maximum atomic E-state index is 6.51. The first kappa shape index (κ1) is 14.5. The van der Waals surface area contributed by atoms with E-state index < -0.39 is 0 Å². The molecular weight excluding hydrogens is 260 g/mol. The first-order valence-corrected chi connectivity index (χ1v) is 7.98. The van der Waals surface area contributed by atoms with E-state index in [1.54, 1.807) is 0 Å². The van der Waals surface area contributed by atoms with Gasteiger partial charge in [0.25, 0.3) is 0 Å². The third-order valence-corrected chi connectivity index (χ3v) is 4.64. The van der Waals surface area contributed by atoms with Crippen LogP contribution in [0.2, 0.25) is 0 Å². The lowest BCUT2D eigenvalue weighted by Gasteiger charge is -2.35. The fraction of sp³-hybridized carbons (Fsp3) is 0.500. The maximum absolute atomic E-state index is 6.51. The molecule has 21 heavy (non-hydrogen) atoms. The number of nitrogens with zero attached hydrogens (tertiary/aromatic N) is 1. The SMILES string of the molecule is CCOC1(C(N)Cc2ccc3ccccc3n2)CCCC1. The van der Waals surface area contributed by atoms with Gasteiger partial charge < -0.3 is 10.5 Å². The summed E-state index contributed by atoms with van der Waals surface area (Å²) in [4.78, 5) is 4.74. The summed E-state index contributed by atoms with van der Waals surface area (Å²) in [5.74, 6) is 0. The van der Waals surface area contributed by atoms with E-state index in [-0.39, 0.29) is 11.6 Å². The number of aromatic nitrogens is 1. The van der Waals surface area contributed by atoms with E-state index >= 15 is 0 Å². The van der Waals surface area contributed by atoms with E-state index in [1.807, 2.05) is 12.1 Å². The summed E-state index contributed by atoms with van der Waals surface area (Å²) in [5, 5.41) is 1.18. The van der Waals surface area contributed by atoms with Gasteiger partial charge in [-0.1, -0.05) is 37.1 Å². The highest BCUT2D eigenvalue weighted by atomic mass is 16.5. The molecule has 0 radical (unpaired) electrons. The summed E-state index contributed by atoms with van der Waals surface area (Å²) in [7, 11) is 0. The first-order valence-electron chi connectivity index (χ1n) is 7.98. The molecule has 2 aromatic rings. The average Bonchev–Trinajstić information content (AvgIpc) is 2.97. The Morgan fingerprint density at radius 1 is 1.19 bits per heavy atom. The summed E-state index contributed by atoms with van der Waals surface area (Å²) < 4.78 is 6.06. The highest BCUT2D eigenvalue weighted by Gasteiger charge is 2.40. The number of hydrogen-bond donors (Lipinski definition) is 1. The predicted molar refractivity (Wildman–Crippen MR) is 86.2 cm³/mol. The van der Waals surface area contributed by atoms with Gasteiger partial charge in [0, 0.05) is 30.1 Å². The lowest BCUT2D eigenvalue weighted by molar-refractivity contribution is -0.0526. The Balaban J connectivity index is 1.80. The van der Waals surface area contributed by atoms with Crippen LogP contribution in [0, 0.1) is 0 Å². The molecule has 1 aliphatic carbocycles. The van der Waals surface area contributed by atoms with Crippen LogP contribution in [0.15, 0.2) is 36.4 Å². The second kappa shape index (κ2) is 6.12. The minimum atomic E-state index is -0.137. The molecule has 1 aliphatic rings. The van der Waals surface area contributed by atoms with Crippen LogP contribution in [0.5, 0.6) is 0 Å². The van der Waals surface area contributed by atoms with E-state index in [1.165, 1.54) is 18.2 Å². The van der Waals surface area contributed by atoms with Crippen LogP contribution in [0.4, 0.5) is 0 Å². The van der Waals surface area contributed by atoms with Crippen LogP contribution in [-0.2, 0) is 11.2 Å². The van der Waals surface area contributed by atoms with E-state index in [9.17, 15) is 0 Å².